The van der Waals surface area contributed by atoms with Crippen molar-refractivity contribution in [2.24, 2.45) is 7.05 Å². The van der Waals surface area contributed by atoms with Gasteiger partial charge in [0, 0.05) is 18.2 Å². The van der Waals surface area contributed by atoms with Gasteiger partial charge in [-0.15, -0.1) is 5.10 Å². The fourth-order valence-corrected chi connectivity index (χ4v) is 1.87. The summed E-state index contributed by atoms with van der Waals surface area (Å²) in [6, 6.07) is 0. The van der Waals surface area contributed by atoms with E-state index in [1.54, 1.807) is 14.0 Å². The molecule has 1 unspecified atom stereocenters. The lowest BCUT2D eigenvalue weighted by molar-refractivity contribution is 0.416. The Morgan fingerprint density at radius 1 is 1.67 bits per heavy atom. The Bertz CT molecular complexity index is 285. The number of aromatic hydroxyl groups is 1. The average molecular weight is 188 g/mol. The van der Waals surface area contributed by atoms with Crippen LogP contribution in [0.25, 0.3) is 0 Å². The molecule has 0 aromatic carbocycles. The van der Waals surface area contributed by atoms with Crippen LogP contribution in [0.3, 0.4) is 0 Å². The van der Waals surface area contributed by atoms with Crippen LogP contribution in [-0.4, -0.2) is 25.2 Å². The van der Waals surface area contributed by atoms with Crippen molar-refractivity contribution < 1.29 is 9.66 Å². The summed E-state index contributed by atoms with van der Waals surface area (Å²) in [5, 5.41) is 13.8. The fraction of sp³-hybridized carbons (Fsp3) is 0.571. The SMILES string of the molecule is CC[S+]([O-])c1nn(C)c(O)c1C. The number of aryl methyl sites for hydroxylation is 1. The molecule has 1 aromatic heterocycles. The zero-order valence-corrected chi connectivity index (χ0v) is 8.18. The molecule has 0 aliphatic carbocycles. The van der Waals surface area contributed by atoms with Crippen LogP contribution in [0, 0.1) is 6.92 Å². The molecule has 0 fully saturated rings. The summed E-state index contributed by atoms with van der Waals surface area (Å²) in [6.07, 6.45) is 0. The lowest BCUT2D eigenvalue weighted by atomic mass is 10.4. The van der Waals surface area contributed by atoms with E-state index in [4.69, 9.17) is 0 Å². The predicted octanol–water partition coefficient (Wildman–Crippen LogP) is 0.562. The first kappa shape index (κ1) is 9.41. The molecule has 0 spiro atoms. The standard InChI is InChI=1S/C7H12N2O2S/c1-4-12(11)6-5(2)7(10)9(3)8-6/h10H,4H2,1-3H3. The van der Waals surface area contributed by atoms with Gasteiger partial charge in [0.25, 0.3) is 5.03 Å². The van der Waals surface area contributed by atoms with Crippen molar-refractivity contribution >= 4 is 11.2 Å². The van der Waals surface area contributed by atoms with E-state index < -0.39 is 11.2 Å². The van der Waals surface area contributed by atoms with E-state index >= 15 is 0 Å². The van der Waals surface area contributed by atoms with Crippen molar-refractivity contribution in [1.82, 2.24) is 9.78 Å². The number of hydrogen-bond acceptors (Lipinski definition) is 3. The van der Waals surface area contributed by atoms with Crippen LogP contribution in [0.2, 0.25) is 0 Å². The first-order chi connectivity index (χ1) is 5.57. The maximum Gasteiger partial charge on any atom is 0.269 e. The van der Waals surface area contributed by atoms with Crippen molar-refractivity contribution in [1.29, 1.82) is 0 Å². The molecule has 1 rings (SSSR count). The Balaban J connectivity index is 3.08. The Morgan fingerprint density at radius 2 is 2.25 bits per heavy atom. The molecule has 1 atom stereocenters. The van der Waals surface area contributed by atoms with Gasteiger partial charge in [-0.1, -0.05) is 0 Å². The van der Waals surface area contributed by atoms with Gasteiger partial charge in [0.2, 0.25) is 5.88 Å². The first-order valence-corrected chi connectivity index (χ1v) is 5.00. The summed E-state index contributed by atoms with van der Waals surface area (Å²) in [6.45, 7) is 3.53. The molecule has 0 saturated heterocycles. The van der Waals surface area contributed by atoms with Gasteiger partial charge in [-0.2, -0.15) is 0 Å². The lowest BCUT2D eigenvalue weighted by Gasteiger charge is -2.03. The van der Waals surface area contributed by atoms with Crippen LogP contribution in [0.5, 0.6) is 5.88 Å². The van der Waals surface area contributed by atoms with Gasteiger partial charge in [0.05, 0.1) is 5.56 Å². The van der Waals surface area contributed by atoms with Crippen molar-refractivity contribution in [2.45, 2.75) is 18.9 Å². The summed E-state index contributed by atoms with van der Waals surface area (Å²) in [5.41, 5.74) is 0.609. The number of hydrogen-bond donors (Lipinski definition) is 1. The predicted molar refractivity (Wildman–Crippen MR) is 46.6 cm³/mol. The first-order valence-electron chi connectivity index (χ1n) is 3.68. The minimum Gasteiger partial charge on any atom is -0.610 e. The van der Waals surface area contributed by atoms with Crippen molar-refractivity contribution in [3.8, 4) is 5.88 Å². The molecule has 0 amide bonds. The van der Waals surface area contributed by atoms with Crippen LogP contribution in [0.15, 0.2) is 5.03 Å². The molecule has 4 nitrogen and oxygen atoms in total. The van der Waals surface area contributed by atoms with Gasteiger partial charge < -0.3 is 9.66 Å². The van der Waals surface area contributed by atoms with E-state index in [-0.39, 0.29) is 5.88 Å². The third-order valence-corrected chi connectivity index (χ3v) is 3.02. The molecule has 0 radical (unpaired) electrons. The third kappa shape index (κ3) is 1.42. The zero-order valence-electron chi connectivity index (χ0n) is 7.37. The Kier molecular flexibility index (Phi) is 2.64. The zero-order chi connectivity index (χ0) is 9.30. The molecule has 68 valence electrons. The van der Waals surface area contributed by atoms with E-state index in [0.717, 1.165) is 0 Å². The molecule has 5 heteroatoms. The van der Waals surface area contributed by atoms with E-state index in [0.29, 0.717) is 16.3 Å². The van der Waals surface area contributed by atoms with Crippen LogP contribution < -0.4 is 0 Å². The number of nitrogens with zero attached hydrogens (tertiary/aromatic N) is 2. The summed E-state index contributed by atoms with van der Waals surface area (Å²) < 4.78 is 12.7. The molecule has 1 aromatic rings. The molecule has 0 saturated carbocycles. The second kappa shape index (κ2) is 3.37. The minimum atomic E-state index is -1.08. The van der Waals surface area contributed by atoms with Gasteiger partial charge in [-0.05, 0) is 13.8 Å². The quantitative estimate of drug-likeness (QED) is 0.690. The number of aromatic nitrogens is 2. The largest absolute Gasteiger partial charge is 0.610 e. The highest BCUT2D eigenvalue weighted by atomic mass is 32.2. The molecule has 12 heavy (non-hydrogen) atoms. The topological polar surface area (TPSA) is 61.1 Å². The van der Waals surface area contributed by atoms with Crippen LogP contribution in [0.1, 0.15) is 12.5 Å². The molecular weight excluding hydrogens is 176 g/mol. The second-order valence-corrected chi connectivity index (χ2v) is 4.17. The van der Waals surface area contributed by atoms with E-state index in [9.17, 15) is 9.66 Å². The van der Waals surface area contributed by atoms with E-state index in [2.05, 4.69) is 5.10 Å². The maximum atomic E-state index is 11.3. The minimum absolute atomic E-state index is 0.0896. The number of rotatable bonds is 2. The monoisotopic (exact) mass is 188 g/mol. The smallest absolute Gasteiger partial charge is 0.269 e. The van der Waals surface area contributed by atoms with Crippen molar-refractivity contribution in [3.63, 3.8) is 0 Å². The molecule has 0 bridgehead atoms. The highest BCUT2D eigenvalue weighted by Gasteiger charge is 2.20. The molecular formula is C7H12N2O2S. The fourth-order valence-electron chi connectivity index (χ4n) is 0.950. The highest BCUT2D eigenvalue weighted by Crippen LogP contribution is 2.22. The van der Waals surface area contributed by atoms with Gasteiger partial charge in [0.15, 0.2) is 0 Å². The highest BCUT2D eigenvalue weighted by molar-refractivity contribution is 7.91. The van der Waals surface area contributed by atoms with E-state index in [1.165, 1.54) is 4.68 Å². The maximum absolute atomic E-state index is 11.3. The normalized spacial score (nSPS) is 13.3. The van der Waals surface area contributed by atoms with Gasteiger partial charge in [0.1, 0.15) is 5.75 Å². The van der Waals surface area contributed by atoms with E-state index in [1.807, 2.05) is 6.92 Å². The third-order valence-electron chi connectivity index (χ3n) is 1.68. The Labute approximate surface area is 74.4 Å². The van der Waals surface area contributed by atoms with Crippen LogP contribution in [0.4, 0.5) is 0 Å². The Morgan fingerprint density at radius 3 is 2.58 bits per heavy atom. The van der Waals surface area contributed by atoms with Gasteiger partial charge in [-0.3, -0.25) is 0 Å². The van der Waals surface area contributed by atoms with Gasteiger partial charge >= 0.3 is 0 Å². The summed E-state index contributed by atoms with van der Waals surface area (Å²) >= 11 is -1.08. The van der Waals surface area contributed by atoms with Crippen LogP contribution >= 0.6 is 0 Å². The van der Waals surface area contributed by atoms with Crippen molar-refractivity contribution in [3.05, 3.63) is 5.56 Å². The lowest BCUT2D eigenvalue weighted by Crippen LogP contribution is -2.06. The Hall–Kier alpha value is -0.680. The average Bonchev–Trinajstić information content (AvgIpc) is 2.32. The summed E-state index contributed by atoms with van der Waals surface area (Å²) in [5.74, 6) is 0.615. The molecule has 0 aliphatic rings. The van der Waals surface area contributed by atoms with Gasteiger partial charge in [-0.25, -0.2) is 4.68 Å². The second-order valence-electron chi connectivity index (χ2n) is 2.51. The summed E-state index contributed by atoms with van der Waals surface area (Å²) in [4.78, 5) is 0. The molecule has 0 aliphatic heterocycles. The molecule has 1 N–H and O–H groups in total. The summed E-state index contributed by atoms with van der Waals surface area (Å²) in [7, 11) is 1.62. The molecule has 1 heterocycles. The van der Waals surface area contributed by atoms with Crippen molar-refractivity contribution in [2.75, 3.05) is 5.75 Å². The van der Waals surface area contributed by atoms with Crippen LogP contribution in [-0.2, 0) is 18.2 Å².